The molecule has 0 bridgehead atoms. The second-order valence-corrected chi connectivity index (χ2v) is 7.31. The minimum absolute atomic E-state index is 0.173. The molecule has 0 aliphatic heterocycles. The van der Waals surface area contributed by atoms with Crippen molar-refractivity contribution in [2.45, 2.75) is 52.5 Å². The van der Waals surface area contributed by atoms with Gasteiger partial charge in [0.05, 0.1) is 10.6 Å². The molecule has 0 amide bonds. The van der Waals surface area contributed by atoms with Crippen LogP contribution in [0.1, 0.15) is 45.1 Å². The maximum absolute atomic E-state index is 11.0. The van der Waals surface area contributed by atoms with Crippen LogP contribution in [0.4, 0.5) is 11.4 Å². The zero-order valence-electron chi connectivity index (χ0n) is 12.2. The molecular formula is C15H21BrN2O2. The van der Waals surface area contributed by atoms with E-state index in [1.54, 1.807) is 13.0 Å². The molecule has 0 heterocycles. The van der Waals surface area contributed by atoms with Crippen LogP contribution in [-0.4, -0.2) is 11.0 Å². The van der Waals surface area contributed by atoms with E-state index in [2.05, 4.69) is 35.1 Å². The Morgan fingerprint density at radius 3 is 2.50 bits per heavy atom. The summed E-state index contributed by atoms with van der Waals surface area (Å²) in [5.74, 6) is 0. The minimum atomic E-state index is -0.322. The standard InChI is InChI=1S/C15H21BrN2O2/c1-10-8-12(16)13(9-14(10)18(19)20)17-11-4-6-15(2,3)7-5-11/h8-9,11,17H,4-7H2,1-3H3. The highest BCUT2D eigenvalue weighted by Crippen LogP contribution is 2.38. The average molecular weight is 341 g/mol. The van der Waals surface area contributed by atoms with Crippen molar-refractivity contribution in [2.24, 2.45) is 5.41 Å². The number of rotatable bonds is 3. The Labute approximate surface area is 128 Å². The Morgan fingerprint density at radius 2 is 1.95 bits per heavy atom. The number of hydrogen-bond donors (Lipinski definition) is 1. The number of nitrogens with zero attached hydrogens (tertiary/aromatic N) is 1. The van der Waals surface area contributed by atoms with Gasteiger partial charge in [0.1, 0.15) is 0 Å². The van der Waals surface area contributed by atoms with E-state index in [0.29, 0.717) is 17.0 Å². The van der Waals surface area contributed by atoms with Gasteiger partial charge in [-0.05, 0) is 60.0 Å². The summed E-state index contributed by atoms with van der Waals surface area (Å²) in [4.78, 5) is 10.7. The third kappa shape index (κ3) is 3.51. The van der Waals surface area contributed by atoms with Crippen molar-refractivity contribution in [1.82, 2.24) is 0 Å². The fourth-order valence-electron chi connectivity index (χ4n) is 2.73. The van der Waals surface area contributed by atoms with Crippen LogP contribution in [0, 0.1) is 22.5 Å². The van der Waals surface area contributed by atoms with Crippen LogP contribution in [0.2, 0.25) is 0 Å². The Morgan fingerprint density at radius 1 is 1.35 bits per heavy atom. The smallest absolute Gasteiger partial charge is 0.274 e. The molecule has 0 radical (unpaired) electrons. The summed E-state index contributed by atoms with van der Waals surface area (Å²) in [5, 5.41) is 14.5. The lowest BCUT2D eigenvalue weighted by molar-refractivity contribution is -0.385. The molecule has 1 saturated carbocycles. The first-order chi connectivity index (χ1) is 9.28. The van der Waals surface area contributed by atoms with Crippen LogP contribution < -0.4 is 5.32 Å². The summed E-state index contributed by atoms with van der Waals surface area (Å²) < 4.78 is 0.894. The molecule has 1 aliphatic carbocycles. The van der Waals surface area contributed by atoms with Crippen molar-refractivity contribution in [3.05, 3.63) is 32.3 Å². The summed E-state index contributed by atoms with van der Waals surface area (Å²) in [5.41, 5.74) is 2.10. The largest absolute Gasteiger partial charge is 0.381 e. The van der Waals surface area contributed by atoms with Crippen molar-refractivity contribution in [3.8, 4) is 0 Å². The van der Waals surface area contributed by atoms with Crippen LogP contribution in [-0.2, 0) is 0 Å². The first-order valence-corrected chi connectivity index (χ1v) is 7.79. The fraction of sp³-hybridized carbons (Fsp3) is 0.600. The molecule has 0 unspecified atom stereocenters. The van der Waals surface area contributed by atoms with E-state index < -0.39 is 0 Å². The molecule has 0 saturated heterocycles. The third-order valence-electron chi connectivity index (χ3n) is 4.18. The van der Waals surface area contributed by atoms with Gasteiger partial charge in [0, 0.05) is 22.1 Å². The van der Waals surface area contributed by atoms with Gasteiger partial charge in [0.2, 0.25) is 0 Å². The molecule has 1 fully saturated rings. The van der Waals surface area contributed by atoms with Gasteiger partial charge in [-0.3, -0.25) is 10.1 Å². The number of nitro benzene ring substituents is 1. The maximum atomic E-state index is 11.0. The topological polar surface area (TPSA) is 55.2 Å². The van der Waals surface area contributed by atoms with Crippen LogP contribution in [0.5, 0.6) is 0 Å². The summed E-state index contributed by atoms with van der Waals surface area (Å²) in [7, 11) is 0. The maximum Gasteiger partial charge on any atom is 0.274 e. The molecule has 2 rings (SSSR count). The monoisotopic (exact) mass is 340 g/mol. The first kappa shape index (κ1) is 15.3. The number of halogens is 1. The highest BCUT2D eigenvalue weighted by atomic mass is 79.9. The molecule has 0 atom stereocenters. The molecule has 4 nitrogen and oxygen atoms in total. The lowest BCUT2D eigenvalue weighted by Crippen LogP contribution is -2.30. The summed E-state index contributed by atoms with van der Waals surface area (Å²) in [6, 6.07) is 3.86. The third-order valence-corrected chi connectivity index (χ3v) is 4.84. The second-order valence-electron chi connectivity index (χ2n) is 6.46. The average Bonchev–Trinajstić information content (AvgIpc) is 2.34. The number of benzene rings is 1. The predicted molar refractivity (Wildman–Crippen MR) is 85.2 cm³/mol. The normalized spacial score (nSPS) is 18.8. The van der Waals surface area contributed by atoms with Gasteiger partial charge in [0.15, 0.2) is 0 Å². The highest BCUT2D eigenvalue weighted by molar-refractivity contribution is 9.10. The SMILES string of the molecule is Cc1cc(Br)c(NC2CCC(C)(C)CC2)cc1[N+](=O)[O-]. The van der Waals surface area contributed by atoms with E-state index in [9.17, 15) is 10.1 Å². The zero-order chi connectivity index (χ0) is 14.9. The van der Waals surface area contributed by atoms with Crippen LogP contribution in [0.25, 0.3) is 0 Å². The van der Waals surface area contributed by atoms with Gasteiger partial charge in [-0.15, -0.1) is 0 Å². The zero-order valence-corrected chi connectivity index (χ0v) is 13.8. The second kappa shape index (κ2) is 5.72. The number of anilines is 1. The van der Waals surface area contributed by atoms with E-state index in [1.807, 2.05) is 6.07 Å². The van der Waals surface area contributed by atoms with Gasteiger partial charge in [-0.1, -0.05) is 13.8 Å². The molecule has 0 spiro atoms. The Bertz CT molecular complexity index is 519. The summed E-state index contributed by atoms with van der Waals surface area (Å²) in [6.07, 6.45) is 4.61. The molecular weight excluding hydrogens is 320 g/mol. The Balaban J connectivity index is 2.14. The number of hydrogen-bond acceptors (Lipinski definition) is 3. The first-order valence-electron chi connectivity index (χ1n) is 6.99. The molecule has 1 N–H and O–H groups in total. The van der Waals surface area contributed by atoms with E-state index in [-0.39, 0.29) is 10.6 Å². The molecule has 1 aliphatic rings. The van der Waals surface area contributed by atoms with Gasteiger partial charge >= 0.3 is 0 Å². The number of aryl methyl sites for hydroxylation is 1. The predicted octanol–water partition coefficient (Wildman–Crippen LogP) is 5.05. The number of nitro groups is 1. The van der Waals surface area contributed by atoms with E-state index in [4.69, 9.17) is 0 Å². The van der Waals surface area contributed by atoms with Crippen molar-refractivity contribution in [3.63, 3.8) is 0 Å². The minimum Gasteiger partial charge on any atom is -0.381 e. The van der Waals surface area contributed by atoms with Gasteiger partial charge < -0.3 is 5.32 Å². The van der Waals surface area contributed by atoms with Gasteiger partial charge in [-0.2, -0.15) is 0 Å². The van der Waals surface area contributed by atoms with Crippen LogP contribution in [0.15, 0.2) is 16.6 Å². The van der Waals surface area contributed by atoms with Crippen LogP contribution in [0.3, 0.4) is 0 Å². The Hall–Kier alpha value is -1.10. The van der Waals surface area contributed by atoms with Crippen molar-refractivity contribution >= 4 is 27.3 Å². The van der Waals surface area contributed by atoms with E-state index >= 15 is 0 Å². The molecule has 0 aromatic heterocycles. The van der Waals surface area contributed by atoms with Gasteiger partial charge in [0.25, 0.3) is 5.69 Å². The molecule has 5 heteroatoms. The number of nitrogens with one attached hydrogen (secondary N) is 1. The lowest BCUT2D eigenvalue weighted by Gasteiger charge is -2.35. The fourth-order valence-corrected chi connectivity index (χ4v) is 3.30. The molecule has 1 aromatic rings. The van der Waals surface area contributed by atoms with Crippen molar-refractivity contribution in [1.29, 1.82) is 0 Å². The Kier molecular flexibility index (Phi) is 4.37. The van der Waals surface area contributed by atoms with E-state index in [1.165, 1.54) is 12.8 Å². The van der Waals surface area contributed by atoms with Crippen LogP contribution >= 0.6 is 15.9 Å². The molecule has 20 heavy (non-hydrogen) atoms. The van der Waals surface area contributed by atoms with E-state index in [0.717, 1.165) is 23.0 Å². The summed E-state index contributed by atoms with van der Waals surface area (Å²) in [6.45, 7) is 6.36. The van der Waals surface area contributed by atoms with Crippen molar-refractivity contribution < 1.29 is 4.92 Å². The molecule has 1 aromatic carbocycles. The highest BCUT2D eigenvalue weighted by Gasteiger charge is 2.27. The quantitative estimate of drug-likeness (QED) is 0.618. The van der Waals surface area contributed by atoms with Crippen molar-refractivity contribution in [2.75, 3.05) is 5.32 Å². The van der Waals surface area contributed by atoms with Gasteiger partial charge in [-0.25, -0.2) is 0 Å². The lowest BCUT2D eigenvalue weighted by atomic mass is 9.75. The summed E-state index contributed by atoms with van der Waals surface area (Å²) >= 11 is 3.49. The molecule has 110 valence electrons.